The maximum atomic E-state index is 12.2. The lowest BCUT2D eigenvalue weighted by atomic mass is 10.2. The fraction of sp³-hybridized carbons (Fsp3) is 0.222. The third-order valence-corrected chi connectivity index (χ3v) is 3.85. The molecule has 0 saturated carbocycles. The molecule has 2 rings (SSSR count). The van der Waals surface area contributed by atoms with Crippen LogP contribution in [0.3, 0.4) is 0 Å². The Kier molecular flexibility index (Phi) is 5.83. The van der Waals surface area contributed by atoms with Crippen molar-refractivity contribution in [1.29, 1.82) is 5.26 Å². The summed E-state index contributed by atoms with van der Waals surface area (Å²) in [6, 6.07) is 12.1. The number of methoxy groups -OCH3 is 1. The molecule has 1 unspecified atom stereocenters. The number of aryl methyl sites for hydroxylation is 1. The molecule has 0 bridgehead atoms. The van der Waals surface area contributed by atoms with Gasteiger partial charge in [-0.3, -0.25) is 0 Å². The third-order valence-electron chi connectivity index (χ3n) is 3.23. The first-order valence-corrected chi connectivity index (χ1v) is 7.96. The molecule has 0 radical (unpaired) electrons. The van der Waals surface area contributed by atoms with Crippen molar-refractivity contribution in [3.63, 3.8) is 0 Å². The van der Waals surface area contributed by atoms with Gasteiger partial charge < -0.3 is 14.2 Å². The van der Waals surface area contributed by atoms with Crippen LogP contribution in [0.5, 0.6) is 17.2 Å². The van der Waals surface area contributed by atoms with E-state index in [0.29, 0.717) is 17.1 Å². The highest BCUT2D eigenvalue weighted by atomic mass is 79.9. The molecule has 124 valence electrons. The molecule has 1 atom stereocenters. The number of halogens is 1. The van der Waals surface area contributed by atoms with Crippen molar-refractivity contribution in [2.45, 2.75) is 20.0 Å². The van der Waals surface area contributed by atoms with Crippen LogP contribution in [0.25, 0.3) is 0 Å². The first-order chi connectivity index (χ1) is 11.4. The number of carbonyl (C=O) groups is 1. The van der Waals surface area contributed by atoms with Gasteiger partial charge in [0.25, 0.3) is 0 Å². The van der Waals surface area contributed by atoms with Gasteiger partial charge in [-0.1, -0.05) is 6.07 Å². The van der Waals surface area contributed by atoms with E-state index in [0.717, 1.165) is 10.0 Å². The van der Waals surface area contributed by atoms with Crippen LogP contribution >= 0.6 is 15.9 Å². The number of carbonyl (C=O) groups excluding carboxylic acids is 1. The molecule has 6 heteroatoms. The minimum absolute atomic E-state index is 0.236. The van der Waals surface area contributed by atoms with E-state index in [1.165, 1.54) is 19.2 Å². The van der Waals surface area contributed by atoms with Gasteiger partial charge in [-0.2, -0.15) is 5.26 Å². The zero-order valence-corrected chi connectivity index (χ0v) is 15.1. The van der Waals surface area contributed by atoms with E-state index in [2.05, 4.69) is 15.9 Å². The number of hydrogen-bond donors (Lipinski definition) is 0. The van der Waals surface area contributed by atoms with Gasteiger partial charge in [0, 0.05) is 6.07 Å². The topological polar surface area (TPSA) is 68.5 Å². The lowest BCUT2D eigenvalue weighted by Crippen LogP contribution is -2.28. The number of rotatable bonds is 5. The first-order valence-electron chi connectivity index (χ1n) is 7.17. The Balaban J connectivity index is 2.10. The van der Waals surface area contributed by atoms with Crippen LogP contribution < -0.4 is 14.2 Å². The highest BCUT2D eigenvalue weighted by Gasteiger charge is 2.20. The summed E-state index contributed by atoms with van der Waals surface area (Å²) in [6.45, 7) is 3.56. The minimum Gasteiger partial charge on any atom is -0.493 e. The zero-order chi connectivity index (χ0) is 17.7. The molecule has 24 heavy (non-hydrogen) atoms. The summed E-state index contributed by atoms with van der Waals surface area (Å²) in [5, 5.41) is 8.89. The minimum atomic E-state index is -0.815. The number of benzene rings is 2. The normalized spacial score (nSPS) is 11.3. The van der Waals surface area contributed by atoms with Crippen molar-refractivity contribution in [3.05, 3.63) is 52.0 Å². The van der Waals surface area contributed by atoms with Crippen LogP contribution in [0.15, 0.2) is 40.9 Å². The predicted octanol–water partition coefficient (Wildman–Crippen LogP) is 4.01. The Bertz CT molecular complexity index is 798. The van der Waals surface area contributed by atoms with E-state index in [9.17, 15) is 4.79 Å². The van der Waals surface area contributed by atoms with Crippen molar-refractivity contribution < 1.29 is 19.0 Å². The summed E-state index contributed by atoms with van der Waals surface area (Å²) in [6.07, 6.45) is -0.815. The molecule has 0 aliphatic rings. The summed E-state index contributed by atoms with van der Waals surface area (Å²) < 4.78 is 16.9. The molecule has 0 aliphatic heterocycles. The number of nitrogens with zero attached hydrogens (tertiary/aromatic N) is 1. The van der Waals surface area contributed by atoms with Crippen LogP contribution in [-0.4, -0.2) is 19.2 Å². The molecule has 0 aliphatic carbocycles. The molecule has 0 amide bonds. The molecule has 0 aromatic heterocycles. The number of nitriles is 1. The Hall–Kier alpha value is -2.52. The molecule has 2 aromatic carbocycles. The maximum absolute atomic E-state index is 12.2. The zero-order valence-electron chi connectivity index (χ0n) is 13.5. The van der Waals surface area contributed by atoms with Crippen molar-refractivity contribution in [2.24, 2.45) is 0 Å². The molecule has 0 heterocycles. The molecule has 0 N–H and O–H groups in total. The van der Waals surface area contributed by atoms with Gasteiger partial charge in [0.05, 0.1) is 23.2 Å². The SMILES string of the molecule is COc1cc(C#N)ccc1OC(=O)C(C)Oc1ccc(C)cc1Br. The largest absolute Gasteiger partial charge is 0.493 e. The van der Waals surface area contributed by atoms with Crippen molar-refractivity contribution in [1.82, 2.24) is 0 Å². The van der Waals surface area contributed by atoms with Gasteiger partial charge in [0.2, 0.25) is 0 Å². The Morgan fingerprint density at radius 3 is 2.50 bits per heavy atom. The highest BCUT2D eigenvalue weighted by molar-refractivity contribution is 9.10. The molecule has 2 aromatic rings. The van der Waals surface area contributed by atoms with E-state index in [4.69, 9.17) is 19.5 Å². The standard InChI is InChI=1S/C18H16BrNO4/c1-11-4-6-15(14(19)8-11)23-12(2)18(21)24-16-7-5-13(10-20)9-17(16)22-3/h4-9,12H,1-3H3. The second kappa shape index (κ2) is 7.84. The number of hydrogen-bond acceptors (Lipinski definition) is 5. The van der Waals surface area contributed by atoms with Crippen LogP contribution in [0.2, 0.25) is 0 Å². The van der Waals surface area contributed by atoms with Gasteiger partial charge in [-0.15, -0.1) is 0 Å². The van der Waals surface area contributed by atoms with Crippen molar-refractivity contribution in [3.8, 4) is 23.3 Å². The Morgan fingerprint density at radius 2 is 1.88 bits per heavy atom. The summed E-state index contributed by atoms with van der Waals surface area (Å²) >= 11 is 3.40. The quantitative estimate of drug-likeness (QED) is 0.570. The van der Waals surface area contributed by atoms with E-state index >= 15 is 0 Å². The van der Waals surface area contributed by atoms with Crippen LogP contribution in [0.1, 0.15) is 18.1 Å². The molecular weight excluding hydrogens is 374 g/mol. The average Bonchev–Trinajstić information content (AvgIpc) is 2.57. The molecular formula is C18H16BrNO4. The Morgan fingerprint density at radius 1 is 1.17 bits per heavy atom. The summed E-state index contributed by atoms with van der Waals surface area (Å²) in [7, 11) is 1.44. The van der Waals surface area contributed by atoms with Gasteiger partial charge in [0.1, 0.15) is 5.75 Å². The van der Waals surface area contributed by atoms with E-state index in [1.54, 1.807) is 19.1 Å². The van der Waals surface area contributed by atoms with E-state index in [1.807, 2.05) is 25.1 Å². The fourth-order valence-electron chi connectivity index (χ4n) is 1.95. The van der Waals surface area contributed by atoms with Gasteiger partial charge in [0.15, 0.2) is 17.6 Å². The predicted molar refractivity (Wildman–Crippen MR) is 92.3 cm³/mol. The molecule has 0 saturated heterocycles. The highest BCUT2D eigenvalue weighted by Crippen LogP contribution is 2.29. The third kappa shape index (κ3) is 4.27. The monoisotopic (exact) mass is 389 g/mol. The number of ether oxygens (including phenoxy) is 3. The summed E-state index contributed by atoms with van der Waals surface area (Å²) in [5.74, 6) is 0.536. The first kappa shape index (κ1) is 17.8. The second-order valence-electron chi connectivity index (χ2n) is 5.09. The van der Waals surface area contributed by atoms with E-state index in [-0.39, 0.29) is 5.75 Å². The molecule has 0 fully saturated rings. The van der Waals surface area contributed by atoms with Crippen LogP contribution in [0, 0.1) is 18.3 Å². The smallest absolute Gasteiger partial charge is 0.352 e. The lowest BCUT2D eigenvalue weighted by Gasteiger charge is -2.16. The van der Waals surface area contributed by atoms with Gasteiger partial charge in [-0.25, -0.2) is 4.79 Å². The lowest BCUT2D eigenvalue weighted by molar-refractivity contribution is -0.141. The van der Waals surface area contributed by atoms with Crippen molar-refractivity contribution >= 4 is 21.9 Å². The Labute approximate surface area is 148 Å². The summed E-state index contributed by atoms with van der Waals surface area (Å²) in [4.78, 5) is 12.2. The second-order valence-corrected chi connectivity index (χ2v) is 5.95. The fourth-order valence-corrected chi connectivity index (χ4v) is 2.54. The van der Waals surface area contributed by atoms with Gasteiger partial charge >= 0.3 is 5.97 Å². The molecule has 5 nitrogen and oxygen atoms in total. The molecule has 0 spiro atoms. The van der Waals surface area contributed by atoms with E-state index < -0.39 is 12.1 Å². The summed E-state index contributed by atoms with van der Waals surface area (Å²) in [5.41, 5.74) is 1.49. The van der Waals surface area contributed by atoms with Gasteiger partial charge in [-0.05, 0) is 59.6 Å². The average molecular weight is 390 g/mol. The van der Waals surface area contributed by atoms with Crippen LogP contribution in [-0.2, 0) is 4.79 Å². The number of esters is 1. The maximum Gasteiger partial charge on any atom is 0.352 e. The van der Waals surface area contributed by atoms with Crippen LogP contribution in [0.4, 0.5) is 0 Å². The van der Waals surface area contributed by atoms with Crippen molar-refractivity contribution in [2.75, 3.05) is 7.11 Å².